The summed E-state index contributed by atoms with van der Waals surface area (Å²) in [5, 5.41) is 4.60. The molecule has 114 valence electrons. The van der Waals surface area contributed by atoms with Crippen molar-refractivity contribution >= 4 is 10.2 Å². The van der Waals surface area contributed by atoms with Crippen molar-refractivity contribution in [2.24, 2.45) is 0 Å². The van der Waals surface area contributed by atoms with E-state index in [2.05, 4.69) is 34.4 Å². The van der Waals surface area contributed by atoms with Crippen LogP contribution in [-0.4, -0.2) is 42.6 Å². The van der Waals surface area contributed by atoms with E-state index in [0.717, 1.165) is 18.5 Å². The Labute approximate surface area is 121 Å². The summed E-state index contributed by atoms with van der Waals surface area (Å²) in [6.07, 6.45) is 1.61. The third kappa shape index (κ3) is 3.05. The van der Waals surface area contributed by atoms with Crippen LogP contribution in [0, 0.1) is 6.92 Å². The first kappa shape index (κ1) is 15.5. The van der Waals surface area contributed by atoms with E-state index in [0.29, 0.717) is 25.0 Å². The highest BCUT2D eigenvalue weighted by atomic mass is 32.2. The number of piperidine rings is 1. The zero-order chi connectivity index (χ0) is 14.9. The summed E-state index contributed by atoms with van der Waals surface area (Å²) in [6.45, 7) is 7.42. The molecule has 1 aliphatic rings. The number of aromatic nitrogens is 2. The quantitative estimate of drug-likeness (QED) is 0.914. The minimum absolute atomic E-state index is 0.296. The Morgan fingerprint density at radius 3 is 2.45 bits per heavy atom. The summed E-state index contributed by atoms with van der Waals surface area (Å²) >= 11 is 0. The van der Waals surface area contributed by atoms with Crippen LogP contribution in [0.15, 0.2) is 6.07 Å². The van der Waals surface area contributed by atoms with Gasteiger partial charge in [0.25, 0.3) is 10.2 Å². The van der Waals surface area contributed by atoms with Gasteiger partial charge in [0, 0.05) is 25.8 Å². The fourth-order valence-electron chi connectivity index (χ4n) is 2.72. The molecular weight excluding hydrogens is 276 g/mol. The molecule has 1 aliphatic heterocycles. The average molecular weight is 300 g/mol. The van der Waals surface area contributed by atoms with E-state index >= 15 is 0 Å². The van der Waals surface area contributed by atoms with Crippen LogP contribution in [0.25, 0.3) is 0 Å². The highest BCUT2D eigenvalue weighted by Crippen LogP contribution is 2.27. The third-order valence-electron chi connectivity index (χ3n) is 3.85. The standard InChI is InChI=1S/C13H24N4O2S/c1-10(2)13-9-11(3)15-17(13)12-5-7-16(8-6-12)20(18,19)14-4/h9-10,12,14H,5-8H2,1-4H3. The molecule has 0 amide bonds. The SMILES string of the molecule is CNS(=O)(=O)N1CCC(n2nc(C)cc2C(C)C)CC1. The van der Waals surface area contributed by atoms with Crippen LogP contribution in [0.3, 0.4) is 0 Å². The van der Waals surface area contributed by atoms with E-state index < -0.39 is 10.2 Å². The molecule has 1 aromatic heterocycles. The second kappa shape index (κ2) is 5.83. The van der Waals surface area contributed by atoms with Crippen molar-refractivity contribution in [3.63, 3.8) is 0 Å². The number of nitrogens with one attached hydrogen (secondary N) is 1. The molecule has 20 heavy (non-hydrogen) atoms. The van der Waals surface area contributed by atoms with Gasteiger partial charge in [-0.2, -0.15) is 17.8 Å². The first-order chi connectivity index (χ1) is 9.35. The Morgan fingerprint density at radius 1 is 1.35 bits per heavy atom. The van der Waals surface area contributed by atoms with Crippen LogP contribution in [-0.2, 0) is 10.2 Å². The van der Waals surface area contributed by atoms with Crippen molar-refractivity contribution in [3.8, 4) is 0 Å². The molecule has 0 aliphatic carbocycles. The van der Waals surface area contributed by atoms with Crippen LogP contribution in [0.2, 0.25) is 0 Å². The fraction of sp³-hybridized carbons (Fsp3) is 0.769. The summed E-state index contributed by atoms with van der Waals surface area (Å²) in [6, 6.07) is 2.42. The number of hydrogen-bond donors (Lipinski definition) is 1. The molecule has 0 bridgehead atoms. The van der Waals surface area contributed by atoms with Gasteiger partial charge in [-0.3, -0.25) is 4.68 Å². The van der Waals surface area contributed by atoms with Gasteiger partial charge in [0.1, 0.15) is 0 Å². The highest BCUT2D eigenvalue weighted by molar-refractivity contribution is 7.87. The van der Waals surface area contributed by atoms with Crippen LogP contribution in [0.5, 0.6) is 0 Å². The molecule has 2 rings (SSSR count). The smallest absolute Gasteiger partial charge is 0.266 e. The third-order valence-corrected chi connectivity index (χ3v) is 5.41. The largest absolute Gasteiger partial charge is 0.279 e. The molecule has 2 heterocycles. The second-order valence-electron chi connectivity index (χ2n) is 5.65. The lowest BCUT2D eigenvalue weighted by atomic mass is 10.0. The topological polar surface area (TPSA) is 67.2 Å². The van der Waals surface area contributed by atoms with E-state index in [9.17, 15) is 8.42 Å². The summed E-state index contributed by atoms with van der Waals surface area (Å²) in [7, 11) is -1.84. The van der Waals surface area contributed by atoms with Gasteiger partial charge in [-0.05, 0) is 31.7 Å². The Kier molecular flexibility index (Phi) is 4.51. The van der Waals surface area contributed by atoms with Crippen molar-refractivity contribution in [1.82, 2.24) is 18.8 Å². The number of nitrogens with zero attached hydrogens (tertiary/aromatic N) is 3. The molecule has 0 aromatic carbocycles. The van der Waals surface area contributed by atoms with Crippen LogP contribution in [0.4, 0.5) is 0 Å². The molecule has 1 saturated heterocycles. The monoisotopic (exact) mass is 300 g/mol. The molecule has 6 nitrogen and oxygen atoms in total. The fourth-order valence-corrected chi connectivity index (χ4v) is 3.67. The second-order valence-corrected chi connectivity index (χ2v) is 7.52. The Hall–Kier alpha value is -0.920. The van der Waals surface area contributed by atoms with Crippen molar-refractivity contribution in [2.75, 3.05) is 20.1 Å². The van der Waals surface area contributed by atoms with Gasteiger partial charge in [-0.25, -0.2) is 4.72 Å². The Balaban J connectivity index is 2.12. The minimum atomic E-state index is -3.29. The lowest BCUT2D eigenvalue weighted by Gasteiger charge is -2.32. The summed E-state index contributed by atoms with van der Waals surface area (Å²) in [4.78, 5) is 0. The van der Waals surface area contributed by atoms with Gasteiger partial charge in [-0.15, -0.1) is 0 Å². The highest BCUT2D eigenvalue weighted by Gasteiger charge is 2.29. The Bertz CT molecular complexity index is 557. The lowest BCUT2D eigenvalue weighted by molar-refractivity contribution is 0.254. The van der Waals surface area contributed by atoms with Crippen LogP contribution >= 0.6 is 0 Å². The molecule has 0 radical (unpaired) electrons. The normalized spacial score (nSPS) is 18.9. The van der Waals surface area contributed by atoms with Gasteiger partial charge in [0.05, 0.1) is 11.7 Å². The molecule has 0 saturated carbocycles. The summed E-state index contributed by atoms with van der Waals surface area (Å²) in [5.41, 5.74) is 2.26. The van der Waals surface area contributed by atoms with Gasteiger partial charge in [0.2, 0.25) is 0 Å². The lowest BCUT2D eigenvalue weighted by Crippen LogP contribution is -2.44. The van der Waals surface area contributed by atoms with Gasteiger partial charge in [-0.1, -0.05) is 13.8 Å². The molecule has 0 atom stereocenters. The molecule has 0 unspecified atom stereocenters. The first-order valence-corrected chi connectivity index (χ1v) is 8.54. The van der Waals surface area contributed by atoms with Gasteiger partial charge >= 0.3 is 0 Å². The number of hydrogen-bond acceptors (Lipinski definition) is 3. The molecule has 0 spiro atoms. The van der Waals surface area contributed by atoms with E-state index in [1.807, 2.05) is 6.92 Å². The van der Waals surface area contributed by atoms with E-state index in [-0.39, 0.29) is 0 Å². The van der Waals surface area contributed by atoms with Crippen LogP contribution in [0.1, 0.15) is 50.0 Å². The van der Waals surface area contributed by atoms with Gasteiger partial charge < -0.3 is 0 Å². The Morgan fingerprint density at radius 2 is 1.95 bits per heavy atom. The predicted octanol–water partition coefficient (Wildman–Crippen LogP) is 1.42. The van der Waals surface area contributed by atoms with E-state index in [1.54, 1.807) is 0 Å². The summed E-state index contributed by atoms with van der Waals surface area (Å²) < 4.78 is 29.5. The number of aryl methyl sites for hydroxylation is 1. The molecular formula is C13H24N4O2S. The maximum atomic E-state index is 11.8. The zero-order valence-corrected chi connectivity index (χ0v) is 13.4. The molecule has 1 aromatic rings. The van der Waals surface area contributed by atoms with Crippen molar-refractivity contribution < 1.29 is 8.42 Å². The first-order valence-electron chi connectivity index (χ1n) is 7.10. The zero-order valence-electron chi connectivity index (χ0n) is 12.6. The maximum absolute atomic E-state index is 11.8. The van der Waals surface area contributed by atoms with Crippen molar-refractivity contribution in [3.05, 3.63) is 17.5 Å². The van der Waals surface area contributed by atoms with E-state index in [1.165, 1.54) is 17.0 Å². The summed E-state index contributed by atoms with van der Waals surface area (Å²) in [5.74, 6) is 0.426. The minimum Gasteiger partial charge on any atom is -0.266 e. The maximum Gasteiger partial charge on any atom is 0.279 e. The van der Waals surface area contributed by atoms with Gasteiger partial charge in [0.15, 0.2) is 0 Å². The average Bonchev–Trinajstić information content (AvgIpc) is 2.81. The number of rotatable bonds is 4. The van der Waals surface area contributed by atoms with E-state index in [4.69, 9.17) is 0 Å². The van der Waals surface area contributed by atoms with Crippen LogP contribution < -0.4 is 4.72 Å². The predicted molar refractivity (Wildman–Crippen MR) is 78.9 cm³/mol. The van der Waals surface area contributed by atoms with Crippen molar-refractivity contribution in [1.29, 1.82) is 0 Å². The molecule has 7 heteroatoms. The molecule has 1 fully saturated rings. The van der Waals surface area contributed by atoms with Crippen molar-refractivity contribution in [2.45, 2.75) is 45.6 Å². The molecule has 1 N–H and O–H groups in total.